The maximum absolute atomic E-state index is 5.33. The smallest absolute Gasteiger partial charge is 0.290 e. The topological polar surface area (TPSA) is 0 Å². The molecule has 0 aromatic heterocycles. The average molecular weight is 278 g/mol. The van der Waals surface area contributed by atoms with Crippen LogP contribution >= 0.6 is 0 Å². The number of rotatable bonds is 1. The summed E-state index contributed by atoms with van der Waals surface area (Å²) in [6.45, 7) is 22.2. The second-order valence-electron chi connectivity index (χ2n) is 5.59. The molecule has 0 aliphatic heterocycles. The molecule has 0 fully saturated rings. The fraction of sp³-hybridized carbons (Fsp3) is 0.529. The molecule has 0 amide bonds. The van der Waals surface area contributed by atoms with Crippen molar-refractivity contribution in [2.24, 2.45) is 5.41 Å². The zero-order chi connectivity index (χ0) is 13.8. The predicted molar refractivity (Wildman–Crippen MR) is 77.5 cm³/mol. The molecule has 0 radical (unpaired) electrons. The van der Waals surface area contributed by atoms with Crippen LogP contribution in [0.5, 0.6) is 0 Å². The second-order valence-corrected chi connectivity index (χ2v) is 5.59. The molecule has 98 valence electrons. The molecule has 0 N–H and O–H groups in total. The monoisotopic (exact) mass is 278 g/mol. The van der Waals surface area contributed by atoms with Gasteiger partial charge in [0.1, 0.15) is 0 Å². The molecule has 1 aliphatic rings. The van der Waals surface area contributed by atoms with Crippen molar-refractivity contribution in [3.8, 4) is 0 Å². The summed E-state index contributed by atoms with van der Waals surface area (Å²) in [5, 5.41) is 0. The molecule has 0 atom stereocenters. The molecular weight excluding hydrogens is 252 g/mol. The normalized spacial score (nSPS) is 16.1. The first-order valence-corrected chi connectivity index (χ1v) is 6.12. The van der Waals surface area contributed by atoms with E-state index in [4.69, 9.17) is 6.58 Å². The Morgan fingerprint density at radius 2 is 1.56 bits per heavy atom. The van der Waals surface area contributed by atoms with Crippen LogP contribution in [0, 0.1) is 18.1 Å². The van der Waals surface area contributed by atoms with Crippen LogP contribution in [0.15, 0.2) is 33.9 Å². The van der Waals surface area contributed by atoms with Crippen molar-refractivity contribution in [3.05, 3.63) is 46.6 Å². The summed E-state index contributed by atoms with van der Waals surface area (Å²) in [6, 6.07) is 0. The van der Waals surface area contributed by atoms with Crippen LogP contribution in [-0.2, 0) is 21.7 Å². The van der Waals surface area contributed by atoms with Gasteiger partial charge in [0.05, 0.1) is 0 Å². The fourth-order valence-corrected chi connectivity index (χ4v) is 1.86. The third-order valence-corrected chi connectivity index (χ3v) is 3.08. The van der Waals surface area contributed by atoms with Crippen molar-refractivity contribution in [2.45, 2.75) is 55.4 Å². The Morgan fingerprint density at radius 3 is 1.61 bits per heavy atom. The molecule has 0 aromatic rings. The molecule has 0 heterocycles. The van der Waals surface area contributed by atoms with Gasteiger partial charge in [-0.1, -0.05) is 53.9 Å². The van der Waals surface area contributed by atoms with E-state index >= 15 is 0 Å². The van der Waals surface area contributed by atoms with Crippen molar-refractivity contribution in [1.82, 2.24) is 0 Å². The first-order chi connectivity index (χ1) is 7.58. The number of hydrogen-bond acceptors (Lipinski definition) is 0. The van der Waals surface area contributed by atoms with E-state index in [0.717, 1.165) is 5.57 Å². The van der Waals surface area contributed by atoms with Gasteiger partial charge in [-0.15, -0.1) is 6.92 Å². The van der Waals surface area contributed by atoms with E-state index in [1.54, 1.807) is 0 Å². The quantitative estimate of drug-likeness (QED) is 0.340. The Balaban J connectivity index is 0. The largest absolute Gasteiger partial charge is 2.00 e. The standard InChI is InChI=1S/C10H15.C7H11.Ti/c1-7-6-10(4,5)9(3)8(7)2;1-6(2)5-7(3)4;/h1-5H3;1,5H,2-4H3;/q2*-1;+2. The zero-order valence-electron chi connectivity index (χ0n) is 13.2. The maximum Gasteiger partial charge on any atom is 2.00 e. The molecule has 0 nitrogen and oxygen atoms in total. The van der Waals surface area contributed by atoms with Gasteiger partial charge in [0, 0.05) is 0 Å². The van der Waals surface area contributed by atoms with Gasteiger partial charge in [-0.05, 0) is 0 Å². The maximum atomic E-state index is 5.33. The molecule has 0 unspecified atom stereocenters. The first kappa shape index (κ1) is 20.0. The number of hydrogen-bond donors (Lipinski definition) is 0. The van der Waals surface area contributed by atoms with Crippen molar-refractivity contribution < 1.29 is 21.7 Å². The molecule has 0 saturated heterocycles. The van der Waals surface area contributed by atoms with Crippen molar-refractivity contribution >= 4 is 0 Å². The van der Waals surface area contributed by atoms with E-state index < -0.39 is 0 Å². The number of allylic oxidation sites excluding steroid dienone is 7. The molecule has 1 rings (SSSR count). The summed E-state index contributed by atoms with van der Waals surface area (Å²) in [6.07, 6.45) is 5.38. The Bertz CT molecular complexity index is 386. The first-order valence-electron chi connectivity index (χ1n) is 6.12. The van der Waals surface area contributed by atoms with Crippen molar-refractivity contribution in [3.63, 3.8) is 0 Å². The van der Waals surface area contributed by atoms with Crippen LogP contribution in [0.1, 0.15) is 55.4 Å². The molecule has 1 heteroatoms. The van der Waals surface area contributed by atoms with E-state index in [0.29, 0.717) is 0 Å². The van der Waals surface area contributed by atoms with E-state index in [1.807, 2.05) is 26.8 Å². The minimum Gasteiger partial charge on any atom is -0.290 e. The zero-order valence-corrected chi connectivity index (χ0v) is 14.7. The SMILES string of the molecule is CC1=[C-]C(C)(C)C(C)=C1C.[CH-]=C(C)C=C(C)C.[Ti+2]. The van der Waals surface area contributed by atoms with Crippen LogP contribution in [0.3, 0.4) is 0 Å². The van der Waals surface area contributed by atoms with Crippen LogP contribution in [0.2, 0.25) is 0 Å². The Hall–Kier alpha value is -0.326. The van der Waals surface area contributed by atoms with Crippen molar-refractivity contribution in [2.75, 3.05) is 0 Å². The summed E-state index contributed by atoms with van der Waals surface area (Å²) in [4.78, 5) is 0. The minimum absolute atomic E-state index is 0. The van der Waals surface area contributed by atoms with Crippen LogP contribution in [-0.4, -0.2) is 0 Å². The summed E-state index contributed by atoms with van der Waals surface area (Å²) >= 11 is 0. The molecule has 18 heavy (non-hydrogen) atoms. The summed E-state index contributed by atoms with van der Waals surface area (Å²) in [5.41, 5.74) is 6.52. The molecule has 1 aliphatic carbocycles. The van der Waals surface area contributed by atoms with Gasteiger partial charge in [0.25, 0.3) is 0 Å². The Kier molecular flexibility index (Phi) is 8.85. The minimum atomic E-state index is 0. The van der Waals surface area contributed by atoms with Gasteiger partial charge < -0.3 is 0 Å². The van der Waals surface area contributed by atoms with E-state index in [2.05, 4.69) is 40.7 Å². The van der Waals surface area contributed by atoms with Gasteiger partial charge in [-0.2, -0.15) is 16.7 Å². The van der Waals surface area contributed by atoms with Crippen LogP contribution in [0.4, 0.5) is 0 Å². The van der Waals surface area contributed by atoms with Crippen LogP contribution < -0.4 is 0 Å². The van der Waals surface area contributed by atoms with Gasteiger partial charge in [0.2, 0.25) is 0 Å². The molecule has 0 saturated carbocycles. The van der Waals surface area contributed by atoms with E-state index in [-0.39, 0.29) is 27.1 Å². The second kappa shape index (κ2) is 7.97. The summed E-state index contributed by atoms with van der Waals surface area (Å²) < 4.78 is 0. The third-order valence-electron chi connectivity index (χ3n) is 3.08. The molecular formula is C17H26Ti. The fourth-order valence-electron chi connectivity index (χ4n) is 1.86. The molecule has 0 aromatic carbocycles. The van der Waals surface area contributed by atoms with Gasteiger partial charge >= 0.3 is 21.7 Å². The third kappa shape index (κ3) is 6.56. The molecule has 0 spiro atoms. The van der Waals surface area contributed by atoms with E-state index in [9.17, 15) is 0 Å². The van der Waals surface area contributed by atoms with Crippen molar-refractivity contribution in [1.29, 1.82) is 0 Å². The van der Waals surface area contributed by atoms with Gasteiger partial charge in [-0.3, -0.25) is 12.7 Å². The average Bonchev–Trinajstić information content (AvgIpc) is 2.28. The van der Waals surface area contributed by atoms with E-state index in [1.165, 1.54) is 22.3 Å². The summed E-state index contributed by atoms with van der Waals surface area (Å²) in [5.74, 6) is 0. The Labute approximate surface area is 129 Å². The molecule has 0 bridgehead atoms. The van der Waals surface area contributed by atoms with Gasteiger partial charge in [-0.25, -0.2) is 17.2 Å². The Morgan fingerprint density at radius 1 is 1.11 bits per heavy atom. The summed E-state index contributed by atoms with van der Waals surface area (Å²) in [7, 11) is 0. The van der Waals surface area contributed by atoms with Crippen LogP contribution in [0.25, 0.3) is 0 Å². The predicted octanol–water partition coefficient (Wildman–Crippen LogP) is 5.44. The van der Waals surface area contributed by atoms with Gasteiger partial charge in [0.15, 0.2) is 0 Å².